The molecule has 1 aromatic heterocycles. The van der Waals surface area contributed by atoms with Gasteiger partial charge in [0, 0.05) is 63.0 Å². The first-order valence-corrected chi connectivity index (χ1v) is 20.9. The van der Waals surface area contributed by atoms with Crippen molar-refractivity contribution >= 4 is 20.1 Å². The third-order valence-corrected chi connectivity index (χ3v) is 16.2. The Morgan fingerprint density at radius 3 is 2.31 bits per heavy atom. The van der Waals surface area contributed by atoms with Crippen LogP contribution in [0.1, 0.15) is 96.3 Å². The number of likely N-dealkylation sites (tertiary alicyclic amines) is 1. The Hall–Kier alpha value is -2.75. The van der Waals surface area contributed by atoms with Crippen LogP contribution in [-0.2, 0) is 15.8 Å². The van der Waals surface area contributed by atoms with E-state index in [4.69, 9.17) is 4.43 Å². The van der Waals surface area contributed by atoms with E-state index < -0.39 is 19.3 Å². The highest BCUT2D eigenvalue weighted by molar-refractivity contribution is 6.74. The van der Waals surface area contributed by atoms with Gasteiger partial charge in [0.2, 0.25) is 5.91 Å². The Balaban J connectivity index is 1.54. The van der Waals surface area contributed by atoms with Crippen molar-refractivity contribution in [2.45, 2.75) is 116 Å². The Kier molecular flexibility index (Phi) is 11.9. The van der Waals surface area contributed by atoms with E-state index in [9.17, 15) is 19.5 Å². The predicted molar refractivity (Wildman–Crippen MR) is 197 cm³/mol. The first kappa shape index (κ1) is 38.1. The number of nitrogens with zero attached hydrogens (tertiary/aromatic N) is 3. The standard InChI is InChI=1S/C39H61N3O5Si/c1-37(2,3)48(8,9)47-23-20-31(24-29-16-12-10-13-17-29)35(44)41-22-21-39(46,38(4,5)27-41)28-42-26-33(36(45)40(6)7)32(25-34(42)43)30-18-14-11-15-19-30/h11,14-15,18-19,25-26,29,31,46H,10,12-13,16-17,20-24,27-28H2,1-9H3/t31-,39?/m1/s1. The molecule has 2 aliphatic rings. The molecule has 1 unspecified atom stereocenters. The highest BCUT2D eigenvalue weighted by Gasteiger charge is 2.49. The lowest BCUT2D eigenvalue weighted by molar-refractivity contribution is -0.158. The number of hydrogen-bond acceptors (Lipinski definition) is 5. The molecule has 2 fully saturated rings. The molecule has 1 N–H and O–H groups in total. The molecule has 2 heterocycles. The van der Waals surface area contributed by atoms with E-state index in [1.165, 1.54) is 47.6 Å². The number of amides is 2. The Bertz CT molecular complexity index is 1470. The zero-order valence-electron chi connectivity index (χ0n) is 31.1. The van der Waals surface area contributed by atoms with Crippen LogP contribution in [0.4, 0.5) is 0 Å². The third-order valence-electron chi connectivity index (χ3n) is 11.7. The number of carbonyl (C=O) groups excluding carboxylic acids is 2. The fraction of sp³-hybridized carbons (Fsp3) is 0.667. The summed E-state index contributed by atoms with van der Waals surface area (Å²) in [6.07, 6.45) is 9.69. The van der Waals surface area contributed by atoms with Crippen molar-refractivity contribution in [2.75, 3.05) is 33.8 Å². The van der Waals surface area contributed by atoms with Gasteiger partial charge in [-0.05, 0) is 48.9 Å². The van der Waals surface area contributed by atoms with E-state index in [0.717, 1.165) is 18.4 Å². The number of pyridine rings is 1. The molecule has 2 amide bonds. The third kappa shape index (κ3) is 8.69. The minimum Gasteiger partial charge on any atom is -0.417 e. The Labute approximate surface area is 290 Å². The fourth-order valence-corrected chi connectivity index (χ4v) is 8.25. The summed E-state index contributed by atoms with van der Waals surface area (Å²) in [5.41, 5.74) is -0.465. The molecule has 2 atom stereocenters. The van der Waals surface area contributed by atoms with Crippen molar-refractivity contribution in [2.24, 2.45) is 17.3 Å². The second-order valence-electron chi connectivity index (χ2n) is 16.9. The van der Waals surface area contributed by atoms with Crippen LogP contribution in [0.15, 0.2) is 47.4 Å². The average molecular weight is 680 g/mol. The molecule has 2 aromatic rings. The van der Waals surface area contributed by atoms with Gasteiger partial charge in [0.15, 0.2) is 8.32 Å². The van der Waals surface area contributed by atoms with Gasteiger partial charge in [-0.1, -0.05) is 97.1 Å². The predicted octanol–water partition coefficient (Wildman–Crippen LogP) is 7.21. The number of piperidine rings is 1. The van der Waals surface area contributed by atoms with Gasteiger partial charge in [-0.3, -0.25) is 14.4 Å². The number of aromatic nitrogens is 1. The van der Waals surface area contributed by atoms with Gasteiger partial charge < -0.3 is 23.9 Å². The maximum atomic E-state index is 14.3. The molecule has 0 bridgehead atoms. The van der Waals surface area contributed by atoms with Crippen LogP contribution < -0.4 is 5.56 Å². The summed E-state index contributed by atoms with van der Waals surface area (Å²) in [4.78, 5) is 44.6. The summed E-state index contributed by atoms with van der Waals surface area (Å²) in [5.74, 6) is 0.418. The lowest BCUT2D eigenvalue weighted by atomic mass is 9.69. The zero-order chi connectivity index (χ0) is 35.5. The Morgan fingerprint density at radius 2 is 1.73 bits per heavy atom. The molecule has 1 saturated heterocycles. The van der Waals surface area contributed by atoms with Crippen LogP contribution in [0.3, 0.4) is 0 Å². The molecule has 9 heteroatoms. The molecule has 0 spiro atoms. The minimum atomic E-state index is -1.93. The molecular weight excluding hydrogens is 619 g/mol. The number of benzene rings is 1. The quantitative estimate of drug-likeness (QED) is 0.254. The van der Waals surface area contributed by atoms with E-state index in [2.05, 4.69) is 33.9 Å². The summed E-state index contributed by atoms with van der Waals surface area (Å²) in [6.45, 7) is 16.7. The van der Waals surface area contributed by atoms with Gasteiger partial charge in [0.1, 0.15) is 0 Å². The van der Waals surface area contributed by atoms with Gasteiger partial charge in [-0.2, -0.15) is 0 Å². The topological polar surface area (TPSA) is 92.1 Å². The van der Waals surface area contributed by atoms with E-state index in [-0.39, 0.29) is 34.9 Å². The molecule has 1 aliphatic carbocycles. The molecule has 0 radical (unpaired) electrons. The Morgan fingerprint density at radius 1 is 1.08 bits per heavy atom. The van der Waals surface area contributed by atoms with Crippen molar-refractivity contribution in [1.29, 1.82) is 0 Å². The van der Waals surface area contributed by atoms with Crippen LogP contribution in [0.25, 0.3) is 11.1 Å². The SMILES string of the molecule is CN(C)C(=O)c1cn(CC2(O)CCN(C(=O)[C@H](CCO[Si](C)(C)C(C)(C)C)CC3CCCCC3)CC2(C)C)c(=O)cc1-c1ccccc1. The maximum absolute atomic E-state index is 14.3. The number of hydrogen-bond donors (Lipinski definition) is 1. The van der Waals surface area contributed by atoms with E-state index in [1.54, 1.807) is 20.3 Å². The summed E-state index contributed by atoms with van der Waals surface area (Å²) in [7, 11) is 1.45. The van der Waals surface area contributed by atoms with E-state index in [1.807, 2.05) is 49.1 Å². The first-order valence-electron chi connectivity index (χ1n) is 18.0. The first-order chi connectivity index (χ1) is 22.3. The van der Waals surface area contributed by atoms with Gasteiger partial charge in [0.05, 0.1) is 17.7 Å². The highest BCUT2D eigenvalue weighted by Crippen LogP contribution is 2.42. The lowest BCUT2D eigenvalue weighted by Crippen LogP contribution is -2.61. The van der Waals surface area contributed by atoms with Gasteiger partial charge in [0.25, 0.3) is 11.5 Å². The molecule has 48 heavy (non-hydrogen) atoms. The normalized spacial score (nSPS) is 21.2. The summed E-state index contributed by atoms with van der Waals surface area (Å²) < 4.78 is 8.03. The smallest absolute Gasteiger partial charge is 0.255 e. The highest BCUT2D eigenvalue weighted by atomic mass is 28.4. The minimum absolute atomic E-state index is 0.0372. The lowest BCUT2D eigenvalue weighted by Gasteiger charge is -2.51. The number of rotatable bonds is 11. The van der Waals surface area contributed by atoms with Crippen molar-refractivity contribution in [1.82, 2.24) is 14.4 Å². The molecule has 1 aliphatic heterocycles. The van der Waals surface area contributed by atoms with Gasteiger partial charge in [-0.25, -0.2) is 0 Å². The van der Waals surface area contributed by atoms with E-state index >= 15 is 0 Å². The number of aliphatic hydroxyl groups is 1. The molecule has 8 nitrogen and oxygen atoms in total. The maximum Gasteiger partial charge on any atom is 0.255 e. The van der Waals surface area contributed by atoms with Crippen LogP contribution in [-0.4, -0.2) is 79.0 Å². The van der Waals surface area contributed by atoms with Crippen molar-refractivity contribution in [3.05, 3.63) is 58.5 Å². The van der Waals surface area contributed by atoms with Crippen LogP contribution in [0.5, 0.6) is 0 Å². The summed E-state index contributed by atoms with van der Waals surface area (Å²) in [5, 5.41) is 12.3. The molecule has 4 rings (SSSR count). The van der Waals surface area contributed by atoms with Crippen molar-refractivity contribution in [3.8, 4) is 11.1 Å². The second kappa shape index (κ2) is 15.0. The van der Waals surface area contributed by atoms with Crippen LogP contribution in [0.2, 0.25) is 18.1 Å². The monoisotopic (exact) mass is 679 g/mol. The fourth-order valence-electron chi connectivity index (χ4n) is 7.19. The van der Waals surface area contributed by atoms with Gasteiger partial charge in [-0.15, -0.1) is 0 Å². The molecule has 1 aromatic carbocycles. The largest absolute Gasteiger partial charge is 0.417 e. The molecule has 1 saturated carbocycles. The molecule has 266 valence electrons. The van der Waals surface area contributed by atoms with E-state index in [0.29, 0.717) is 43.2 Å². The van der Waals surface area contributed by atoms with Crippen LogP contribution >= 0.6 is 0 Å². The average Bonchev–Trinajstić information content (AvgIpc) is 3.02. The van der Waals surface area contributed by atoms with Crippen LogP contribution in [0, 0.1) is 17.3 Å². The van der Waals surface area contributed by atoms with Crippen molar-refractivity contribution < 1.29 is 19.1 Å². The van der Waals surface area contributed by atoms with Crippen molar-refractivity contribution in [3.63, 3.8) is 0 Å². The second-order valence-corrected chi connectivity index (χ2v) is 21.7. The zero-order valence-corrected chi connectivity index (χ0v) is 32.1. The summed E-state index contributed by atoms with van der Waals surface area (Å²) >= 11 is 0. The number of carbonyl (C=O) groups is 2. The summed E-state index contributed by atoms with van der Waals surface area (Å²) in [6, 6.07) is 10.9. The van der Waals surface area contributed by atoms with Gasteiger partial charge >= 0.3 is 0 Å². The molecular formula is C39H61N3O5Si.